The number of aromatic hydroxyl groups is 1. The van der Waals surface area contributed by atoms with Gasteiger partial charge in [-0.3, -0.25) is 24.1 Å². The van der Waals surface area contributed by atoms with Crippen LogP contribution in [0.4, 0.5) is 28.9 Å². The van der Waals surface area contributed by atoms with Crippen LogP contribution >= 0.6 is 11.6 Å². The number of oxazole rings is 1. The molecule has 2 saturated heterocycles. The van der Waals surface area contributed by atoms with Crippen LogP contribution < -0.4 is 14.5 Å². The zero-order valence-electron chi connectivity index (χ0n) is 29.1. The minimum atomic E-state index is -5.09. The Bertz CT molecular complexity index is 2520. The summed E-state index contributed by atoms with van der Waals surface area (Å²) in [5.41, 5.74) is 0.649. The third-order valence-electron chi connectivity index (χ3n) is 11.6. The van der Waals surface area contributed by atoms with Gasteiger partial charge in [0.15, 0.2) is 5.58 Å². The molecule has 15 heteroatoms. The lowest BCUT2D eigenvalue weighted by Crippen LogP contribution is -2.49. The summed E-state index contributed by atoms with van der Waals surface area (Å²) < 4.78 is 64.5. The molecule has 3 heterocycles. The molecule has 4 aliphatic rings. The van der Waals surface area contributed by atoms with Crippen LogP contribution in [-0.4, -0.2) is 40.1 Å². The highest BCUT2D eigenvalue weighted by atomic mass is 35.5. The van der Waals surface area contributed by atoms with Crippen LogP contribution in [0.25, 0.3) is 22.6 Å². The third-order valence-corrected chi connectivity index (χ3v) is 11.9. The van der Waals surface area contributed by atoms with Crippen LogP contribution in [0.5, 0.6) is 11.5 Å². The Kier molecular flexibility index (Phi) is 7.96. The Hall–Kier alpha value is -6.02. The number of nitrogens with zero attached hydrogens (tertiary/aromatic N) is 3. The first-order valence-electron chi connectivity index (χ1n) is 17.6. The molecule has 1 aromatic heterocycles. The number of fused-ring (bicyclic) bond motifs is 5. The van der Waals surface area contributed by atoms with Crippen molar-refractivity contribution in [3.63, 3.8) is 0 Å². The molecule has 4 aromatic carbocycles. The molecule has 0 radical (unpaired) electrons. The standard InChI is InChI=1S/C41H28ClF4N3O7/c1-40-27(37(52)49(39(40)54)21-10-14-29(43)28(42)16-21)18-25-23(34(40)26-17-22(11-15-31(26)50)56-41(44,45)46)12-13-24-33(25)38(53)48(36(24)51)20-8-6-19(7-9-20)35-47-30-4-2-3-5-32(30)55-35/h2-12,14-17,24-25,27,33-34,50H,13,18H2,1H3/t24-,25+,27-,33-,34+,40+/m0/s1. The van der Waals surface area contributed by atoms with Gasteiger partial charge >= 0.3 is 6.36 Å². The number of phenols is 1. The number of aromatic nitrogens is 1. The highest BCUT2D eigenvalue weighted by molar-refractivity contribution is 6.32. The molecular weight excluding hydrogens is 758 g/mol. The maximum absolute atomic E-state index is 14.6. The Balaban J connectivity index is 1.12. The number of carbonyl (C=O) groups excluding carboxylic acids is 4. The average molecular weight is 786 g/mol. The summed E-state index contributed by atoms with van der Waals surface area (Å²) in [5.74, 6) is -9.28. The van der Waals surface area contributed by atoms with E-state index >= 15 is 0 Å². The molecule has 3 fully saturated rings. The zero-order valence-corrected chi connectivity index (χ0v) is 29.8. The number of hydrogen-bond donors (Lipinski definition) is 1. The number of halogens is 5. The molecule has 6 atom stereocenters. The number of benzene rings is 4. The number of hydrogen-bond acceptors (Lipinski definition) is 8. The van der Waals surface area contributed by atoms with Gasteiger partial charge in [0.05, 0.1) is 39.6 Å². The molecule has 1 N–H and O–H groups in total. The summed E-state index contributed by atoms with van der Waals surface area (Å²) in [6.07, 6.45) is -3.45. The van der Waals surface area contributed by atoms with Gasteiger partial charge in [-0.2, -0.15) is 0 Å². The molecule has 0 bridgehead atoms. The second kappa shape index (κ2) is 12.5. The summed E-state index contributed by atoms with van der Waals surface area (Å²) >= 11 is 6.05. The van der Waals surface area contributed by atoms with Crippen molar-refractivity contribution < 1.29 is 51.0 Å². The van der Waals surface area contributed by atoms with Crippen LogP contribution in [0.2, 0.25) is 5.02 Å². The topological polar surface area (TPSA) is 130 Å². The number of amides is 4. The minimum absolute atomic E-state index is 0.0337. The molecule has 9 rings (SSSR count). The first kappa shape index (κ1) is 35.7. The van der Waals surface area contributed by atoms with Crippen molar-refractivity contribution in [2.24, 2.45) is 29.1 Å². The van der Waals surface area contributed by atoms with E-state index in [1.165, 1.54) is 13.0 Å². The molecule has 10 nitrogen and oxygen atoms in total. The smallest absolute Gasteiger partial charge is 0.508 e. The van der Waals surface area contributed by atoms with Gasteiger partial charge in [-0.25, -0.2) is 14.3 Å². The lowest BCUT2D eigenvalue weighted by Gasteiger charge is -2.49. The predicted octanol–water partition coefficient (Wildman–Crippen LogP) is 8.33. The second-order valence-electron chi connectivity index (χ2n) is 14.6. The number of allylic oxidation sites excluding steroid dienone is 2. The van der Waals surface area contributed by atoms with Gasteiger partial charge in [-0.1, -0.05) is 35.4 Å². The predicted molar refractivity (Wildman–Crippen MR) is 193 cm³/mol. The van der Waals surface area contributed by atoms with E-state index in [9.17, 15) is 41.8 Å². The molecule has 284 valence electrons. The van der Waals surface area contributed by atoms with Crippen molar-refractivity contribution in [2.45, 2.75) is 32.0 Å². The summed E-state index contributed by atoms with van der Waals surface area (Å²) in [6.45, 7) is 1.49. The minimum Gasteiger partial charge on any atom is -0.508 e. The maximum Gasteiger partial charge on any atom is 0.573 e. The number of alkyl halides is 3. The fourth-order valence-corrected chi connectivity index (χ4v) is 9.37. The molecule has 0 unspecified atom stereocenters. The average Bonchev–Trinajstić information content (AvgIpc) is 3.77. The van der Waals surface area contributed by atoms with E-state index in [0.29, 0.717) is 28.1 Å². The number of phenolic OH excluding ortho intramolecular Hbond substituents is 1. The van der Waals surface area contributed by atoms with E-state index in [1.807, 2.05) is 12.1 Å². The fraction of sp³-hybridized carbons (Fsp3) is 0.244. The van der Waals surface area contributed by atoms with Crippen molar-refractivity contribution in [1.29, 1.82) is 0 Å². The van der Waals surface area contributed by atoms with E-state index in [1.54, 1.807) is 42.5 Å². The number of para-hydroxylation sites is 2. The number of carbonyl (C=O) groups is 4. The highest BCUT2D eigenvalue weighted by Crippen LogP contribution is 2.64. The highest BCUT2D eigenvalue weighted by Gasteiger charge is 2.68. The molecule has 2 aliphatic heterocycles. The van der Waals surface area contributed by atoms with E-state index in [0.717, 1.165) is 40.1 Å². The Labute approximate surface area is 319 Å². The summed E-state index contributed by atoms with van der Waals surface area (Å²) in [4.78, 5) is 64.1. The Morgan fingerprint density at radius 1 is 0.893 bits per heavy atom. The van der Waals surface area contributed by atoms with E-state index in [-0.39, 0.29) is 34.8 Å². The van der Waals surface area contributed by atoms with Gasteiger partial charge < -0.3 is 14.3 Å². The van der Waals surface area contributed by atoms with E-state index < -0.39 is 82.3 Å². The van der Waals surface area contributed by atoms with Gasteiger partial charge in [0.1, 0.15) is 22.8 Å². The lowest BCUT2D eigenvalue weighted by molar-refractivity contribution is -0.274. The van der Waals surface area contributed by atoms with E-state index in [4.69, 9.17) is 16.0 Å². The van der Waals surface area contributed by atoms with Crippen molar-refractivity contribution in [3.05, 3.63) is 113 Å². The third kappa shape index (κ3) is 5.33. The summed E-state index contributed by atoms with van der Waals surface area (Å²) in [7, 11) is 0. The molecular formula is C41H28ClF4N3O7. The van der Waals surface area contributed by atoms with Crippen LogP contribution in [0, 0.1) is 34.9 Å². The molecule has 5 aromatic rings. The second-order valence-corrected chi connectivity index (χ2v) is 15.0. The van der Waals surface area contributed by atoms with Crippen LogP contribution in [-0.2, 0) is 19.2 Å². The van der Waals surface area contributed by atoms with Gasteiger partial charge in [-0.05, 0) is 98.5 Å². The Morgan fingerprint density at radius 2 is 1.62 bits per heavy atom. The Morgan fingerprint density at radius 3 is 2.34 bits per heavy atom. The summed E-state index contributed by atoms with van der Waals surface area (Å²) in [5, 5.41) is 10.9. The van der Waals surface area contributed by atoms with Gasteiger partial charge in [0, 0.05) is 17.0 Å². The maximum atomic E-state index is 14.6. The molecule has 56 heavy (non-hydrogen) atoms. The molecule has 2 aliphatic carbocycles. The van der Waals surface area contributed by atoms with Crippen molar-refractivity contribution in [1.82, 2.24) is 4.98 Å². The van der Waals surface area contributed by atoms with Gasteiger partial charge in [0.2, 0.25) is 29.5 Å². The zero-order chi connectivity index (χ0) is 39.4. The largest absolute Gasteiger partial charge is 0.573 e. The SMILES string of the molecule is C[C@@]12C(=O)N(c3ccc(F)c(Cl)c3)C(=O)[C@@H]1C[C@@H]1C(=CC[C@@H]3C(=O)N(c4ccc(-c5nc6ccccc6o5)cc4)C(=O)[C@@H]31)[C@@H]2c1cc(OC(F)(F)F)ccc1O. The molecule has 1 saturated carbocycles. The first-order valence-corrected chi connectivity index (χ1v) is 18.0. The normalized spacial score (nSPS) is 26.0. The van der Waals surface area contributed by atoms with Crippen LogP contribution in [0.15, 0.2) is 101 Å². The quantitative estimate of drug-likeness (QED) is 0.107. The van der Waals surface area contributed by atoms with Gasteiger partial charge in [-0.15, -0.1) is 13.2 Å². The number of imide groups is 2. The monoisotopic (exact) mass is 785 g/mol. The number of ether oxygens (including phenoxy) is 1. The van der Waals surface area contributed by atoms with Crippen LogP contribution in [0.1, 0.15) is 31.2 Å². The van der Waals surface area contributed by atoms with Crippen LogP contribution in [0.3, 0.4) is 0 Å². The van der Waals surface area contributed by atoms with Crippen molar-refractivity contribution in [2.75, 3.05) is 9.80 Å². The van der Waals surface area contributed by atoms with Crippen molar-refractivity contribution >= 4 is 57.7 Å². The van der Waals surface area contributed by atoms with Crippen molar-refractivity contribution in [3.8, 4) is 23.0 Å². The van der Waals surface area contributed by atoms with E-state index in [2.05, 4.69) is 9.72 Å². The number of rotatable bonds is 5. The fourth-order valence-electron chi connectivity index (χ4n) is 9.19. The summed E-state index contributed by atoms with van der Waals surface area (Å²) in [6, 6.07) is 20.0. The molecule has 4 amide bonds. The first-order chi connectivity index (χ1) is 26.7. The number of anilines is 2. The molecule has 0 spiro atoms. The lowest BCUT2D eigenvalue weighted by atomic mass is 9.51. The van der Waals surface area contributed by atoms with Gasteiger partial charge in [0.25, 0.3) is 0 Å².